The number of carbonyl (C=O) groups excluding carboxylic acids is 1. The summed E-state index contributed by atoms with van der Waals surface area (Å²) in [5.74, 6) is -0.477. The normalized spacial score (nSPS) is 14.2. The number of aromatic nitrogens is 1. The van der Waals surface area contributed by atoms with Crippen molar-refractivity contribution in [3.63, 3.8) is 0 Å². The molecule has 2 N–H and O–H groups in total. The van der Waals surface area contributed by atoms with Crippen LogP contribution in [0.15, 0.2) is 18.5 Å². The number of carbonyl (C=O) groups is 1. The molecule has 0 aromatic carbocycles. The van der Waals surface area contributed by atoms with Gasteiger partial charge >= 0.3 is 0 Å². The van der Waals surface area contributed by atoms with Crippen molar-refractivity contribution in [1.29, 1.82) is 0 Å². The van der Waals surface area contributed by atoms with Gasteiger partial charge in [0.2, 0.25) is 5.91 Å². The van der Waals surface area contributed by atoms with Crippen LogP contribution >= 0.6 is 0 Å². The highest BCUT2D eigenvalue weighted by atomic mass is 19.1. The van der Waals surface area contributed by atoms with Crippen molar-refractivity contribution in [3.05, 3.63) is 29.8 Å². The number of nitrogens with zero attached hydrogens (tertiary/aromatic N) is 1. The van der Waals surface area contributed by atoms with Gasteiger partial charge in [0.05, 0.1) is 12.2 Å². The summed E-state index contributed by atoms with van der Waals surface area (Å²) < 4.78 is 12.9. The average Bonchev–Trinajstić information content (AvgIpc) is 2.27. The van der Waals surface area contributed by atoms with Crippen LogP contribution in [0.3, 0.4) is 0 Å². The van der Waals surface area contributed by atoms with E-state index in [2.05, 4.69) is 15.6 Å². The summed E-state index contributed by atoms with van der Waals surface area (Å²) in [6.07, 6.45) is 2.73. The van der Waals surface area contributed by atoms with Gasteiger partial charge in [-0.3, -0.25) is 15.1 Å². The summed E-state index contributed by atoms with van der Waals surface area (Å²) in [5.41, 5.74) is 0.718. The van der Waals surface area contributed by atoms with Crippen molar-refractivity contribution in [1.82, 2.24) is 15.6 Å². The third kappa shape index (κ3) is 3.27. The molecular weight excluding hydrogens is 209 g/mol. The lowest BCUT2D eigenvalue weighted by molar-refractivity contribution is -0.122. The first-order chi connectivity index (χ1) is 7.54. The molecule has 1 rings (SSSR count). The molecule has 2 atom stereocenters. The van der Waals surface area contributed by atoms with Crippen molar-refractivity contribution in [2.45, 2.75) is 25.9 Å². The molecule has 1 aromatic heterocycles. The van der Waals surface area contributed by atoms with Crippen molar-refractivity contribution in [2.75, 3.05) is 7.05 Å². The first-order valence-corrected chi connectivity index (χ1v) is 5.12. The Morgan fingerprint density at radius 3 is 2.69 bits per heavy atom. The molecule has 5 heteroatoms. The Kier molecular flexibility index (Phi) is 4.37. The smallest absolute Gasteiger partial charge is 0.236 e. The minimum absolute atomic E-state index is 0.101. The zero-order valence-corrected chi connectivity index (χ0v) is 9.62. The fraction of sp³-hybridized carbons (Fsp3) is 0.455. The minimum Gasteiger partial charge on any atom is -0.358 e. The van der Waals surface area contributed by atoms with E-state index in [-0.39, 0.29) is 23.8 Å². The summed E-state index contributed by atoms with van der Waals surface area (Å²) in [7, 11) is 1.58. The highest BCUT2D eigenvalue weighted by molar-refractivity contribution is 5.80. The fourth-order valence-electron chi connectivity index (χ4n) is 1.43. The summed E-state index contributed by atoms with van der Waals surface area (Å²) in [4.78, 5) is 15.0. The maximum atomic E-state index is 12.9. The first kappa shape index (κ1) is 12.6. The lowest BCUT2D eigenvalue weighted by Gasteiger charge is -2.18. The fourth-order valence-corrected chi connectivity index (χ4v) is 1.43. The number of hydrogen-bond donors (Lipinski definition) is 2. The molecule has 2 unspecified atom stereocenters. The van der Waals surface area contributed by atoms with Crippen molar-refractivity contribution in [3.8, 4) is 0 Å². The van der Waals surface area contributed by atoms with E-state index in [0.29, 0.717) is 0 Å². The summed E-state index contributed by atoms with van der Waals surface area (Å²) in [5, 5.41) is 5.60. The Hall–Kier alpha value is -1.49. The zero-order valence-electron chi connectivity index (χ0n) is 9.62. The molecule has 16 heavy (non-hydrogen) atoms. The third-order valence-electron chi connectivity index (χ3n) is 2.37. The Labute approximate surface area is 94.3 Å². The van der Waals surface area contributed by atoms with E-state index in [1.165, 1.54) is 6.07 Å². The second-order valence-electron chi connectivity index (χ2n) is 3.66. The molecule has 0 aliphatic heterocycles. The SMILES string of the molecule is CNC(=O)C(C)NC(C)c1cncc(F)c1. The summed E-state index contributed by atoms with van der Waals surface area (Å²) in [6, 6.07) is 0.945. The van der Waals surface area contributed by atoms with E-state index in [0.717, 1.165) is 11.8 Å². The molecule has 0 spiro atoms. The second-order valence-corrected chi connectivity index (χ2v) is 3.66. The van der Waals surface area contributed by atoms with Crippen LogP contribution in [0.4, 0.5) is 4.39 Å². The lowest BCUT2D eigenvalue weighted by atomic mass is 10.1. The van der Waals surface area contributed by atoms with Crippen molar-refractivity contribution >= 4 is 5.91 Å². The molecule has 4 nitrogen and oxygen atoms in total. The molecule has 0 aliphatic carbocycles. The van der Waals surface area contributed by atoms with Gasteiger partial charge in [0.1, 0.15) is 5.82 Å². The van der Waals surface area contributed by atoms with Gasteiger partial charge in [0, 0.05) is 19.3 Å². The topological polar surface area (TPSA) is 54.0 Å². The number of hydrogen-bond acceptors (Lipinski definition) is 3. The predicted molar refractivity (Wildman–Crippen MR) is 59.3 cm³/mol. The molecule has 88 valence electrons. The monoisotopic (exact) mass is 225 g/mol. The average molecular weight is 225 g/mol. The molecule has 0 bridgehead atoms. The van der Waals surface area contributed by atoms with E-state index in [4.69, 9.17) is 0 Å². The number of nitrogens with one attached hydrogen (secondary N) is 2. The Morgan fingerprint density at radius 2 is 2.12 bits per heavy atom. The van der Waals surface area contributed by atoms with Gasteiger partial charge in [-0.2, -0.15) is 0 Å². The molecule has 0 radical (unpaired) electrons. The van der Waals surface area contributed by atoms with Gasteiger partial charge in [-0.15, -0.1) is 0 Å². The van der Waals surface area contributed by atoms with Gasteiger partial charge in [0.25, 0.3) is 0 Å². The van der Waals surface area contributed by atoms with Gasteiger partial charge in [-0.05, 0) is 25.5 Å². The van der Waals surface area contributed by atoms with Crippen LogP contribution in [-0.2, 0) is 4.79 Å². The maximum absolute atomic E-state index is 12.9. The van der Waals surface area contributed by atoms with Gasteiger partial charge in [-0.1, -0.05) is 0 Å². The molecule has 1 amide bonds. The van der Waals surface area contributed by atoms with Crippen LogP contribution < -0.4 is 10.6 Å². The Balaban J connectivity index is 2.65. The third-order valence-corrected chi connectivity index (χ3v) is 2.37. The minimum atomic E-state index is -0.376. The van der Waals surface area contributed by atoms with Crippen LogP contribution in [0.5, 0.6) is 0 Å². The number of rotatable bonds is 4. The lowest BCUT2D eigenvalue weighted by Crippen LogP contribution is -2.41. The number of amides is 1. The van der Waals surface area contributed by atoms with E-state index in [1.807, 2.05) is 6.92 Å². The number of pyridine rings is 1. The standard InChI is InChI=1S/C11H16FN3O/c1-7(15-8(2)11(16)13-3)9-4-10(12)6-14-5-9/h4-8,15H,1-3H3,(H,13,16). The highest BCUT2D eigenvalue weighted by Gasteiger charge is 2.15. The maximum Gasteiger partial charge on any atom is 0.236 e. The number of likely N-dealkylation sites (N-methyl/N-ethyl adjacent to an activating group) is 1. The zero-order chi connectivity index (χ0) is 12.1. The molecule has 0 saturated heterocycles. The molecule has 0 saturated carbocycles. The van der Waals surface area contributed by atoms with Gasteiger partial charge in [-0.25, -0.2) is 4.39 Å². The van der Waals surface area contributed by atoms with E-state index >= 15 is 0 Å². The van der Waals surface area contributed by atoms with Crippen LogP contribution in [0, 0.1) is 5.82 Å². The van der Waals surface area contributed by atoms with Gasteiger partial charge < -0.3 is 5.32 Å². The Bertz CT molecular complexity index is 370. The first-order valence-electron chi connectivity index (χ1n) is 5.12. The molecule has 0 aliphatic rings. The van der Waals surface area contributed by atoms with Crippen molar-refractivity contribution in [2.24, 2.45) is 0 Å². The largest absolute Gasteiger partial charge is 0.358 e. The van der Waals surface area contributed by atoms with Gasteiger partial charge in [0.15, 0.2) is 0 Å². The molecule has 0 fully saturated rings. The summed E-state index contributed by atoms with van der Waals surface area (Å²) in [6.45, 7) is 3.61. The van der Waals surface area contributed by atoms with E-state index in [1.54, 1.807) is 20.2 Å². The van der Waals surface area contributed by atoms with Crippen LogP contribution in [0.1, 0.15) is 25.5 Å². The second kappa shape index (κ2) is 5.55. The summed E-state index contributed by atoms with van der Waals surface area (Å²) >= 11 is 0. The van der Waals surface area contributed by atoms with Crippen molar-refractivity contribution < 1.29 is 9.18 Å². The quantitative estimate of drug-likeness (QED) is 0.804. The molecule has 1 heterocycles. The molecular formula is C11H16FN3O. The van der Waals surface area contributed by atoms with Crippen LogP contribution in [0.2, 0.25) is 0 Å². The highest BCUT2D eigenvalue weighted by Crippen LogP contribution is 2.12. The predicted octanol–water partition coefficient (Wildman–Crippen LogP) is 1.01. The van der Waals surface area contributed by atoms with Crippen LogP contribution in [-0.4, -0.2) is 24.0 Å². The van der Waals surface area contributed by atoms with Crippen LogP contribution in [0.25, 0.3) is 0 Å². The number of halogens is 1. The van der Waals surface area contributed by atoms with E-state index in [9.17, 15) is 9.18 Å². The molecule has 1 aromatic rings. The Morgan fingerprint density at radius 1 is 1.44 bits per heavy atom. The van der Waals surface area contributed by atoms with E-state index < -0.39 is 0 Å².